The summed E-state index contributed by atoms with van der Waals surface area (Å²) in [4.78, 5) is 40.7. The molecule has 0 bridgehead atoms. The summed E-state index contributed by atoms with van der Waals surface area (Å²) >= 11 is 0. The van der Waals surface area contributed by atoms with Gasteiger partial charge >= 0.3 is 0 Å². The summed E-state index contributed by atoms with van der Waals surface area (Å²) in [6, 6.07) is 125. The first-order valence-corrected chi connectivity index (χ1v) is 51.7. The third-order valence-electron chi connectivity index (χ3n) is 22.8. The zero-order chi connectivity index (χ0) is 87.9. The fraction of sp³-hybridized carbons (Fsp3) is 0.116. The van der Waals surface area contributed by atoms with E-state index < -0.39 is 24.2 Å². The zero-order valence-corrected chi connectivity index (χ0v) is 84.3. The molecule has 0 atom stereocenters. The van der Waals surface area contributed by atoms with Crippen molar-refractivity contribution in [1.82, 2.24) is 44.9 Å². The van der Waals surface area contributed by atoms with Crippen molar-refractivity contribution < 1.29 is 73.6 Å². The van der Waals surface area contributed by atoms with Crippen LogP contribution in [0.15, 0.2) is 372 Å². The average Bonchev–Trinajstić information content (AvgIpc) is 1.45. The summed E-state index contributed by atoms with van der Waals surface area (Å²) in [5, 5.41) is 14.6. The van der Waals surface area contributed by atoms with Gasteiger partial charge in [0, 0.05) is 125 Å². The third-order valence-corrected chi connectivity index (χ3v) is 33.4. The predicted octanol–water partition coefficient (Wildman–Crippen LogP) is 23.8. The fourth-order valence-electron chi connectivity index (χ4n) is 15.7. The Kier molecular flexibility index (Phi) is 31.9. The van der Waals surface area contributed by atoms with E-state index in [-0.39, 0.29) is 60.3 Å². The summed E-state index contributed by atoms with van der Waals surface area (Å²) in [5.74, 6) is 0.562. The van der Waals surface area contributed by atoms with Gasteiger partial charge in [0.25, 0.3) is 0 Å². The Bertz CT molecular complexity index is 6950. The molecule has 12 heterocycles. The van der Waals surface area contributed by atoms with Gasteiger partial charge in [-0.1, -0.05) is 261 Å². The Labute approximate surface area is 804 Å². The Balaban J connectivity index is 0.000000138. The Morgan fingerprint density at radius 3 is 1.22 bits per heavy atom. The van der Waals surface area contributed by atoms with Crippen LogP contribution in [-0.2, 0) is 66.7 Å². The van der Waals surface area contributed by atoms with Crippen molar-refractivity contribution in [3.8, 4) is 67.5 Å². The number of nitrogens with zero attached hydrogens (tertiary/aromatic N) is 9. The molecule has 0 aliphatic rings. The zero-order valence-electron chi connectivity index (χ0n) is 74.1. The van der Waals surface area contributed by atoms with Crippen molar-refractivity contribution in [2.24, 2.45) is 5.92 Å². The molecule has 130 heavy (non-hydrogen) atoms. The van der Waals surface area contributed by atoms with Crippen molar-refractivity contribution in [3.05, 3.63) is 418 Å². The molecule has 21 aromatic rings. The van der Waals surface area contributed by atoms with Crippen molar-refractivity contribution in [2.75, 3.05) is 0 Å². The number of furan rings is 3. The molecule has 0 N–H and O–H groups in total. The van der Waals surface area contributed by atoms with Gasteiger partial charge in [-0.25, -0.2) is 4.98 Å². The minimum Gasteiger partial charge on any atom is -0.499 e. The summed E-state index contributed by atoms with van der Waals surface area (Å²) in [5.41, 5.74) is 20.5. The molecule has 0 saturated heterocycles. The van der Waals surface area contributed by atoms with Crippen molar-refractivity contribution in [2.45, 2.75) is 80.3 Å². The molecule has 0 spiro atoms. The molecule has 0 aliphatic carbocycles. The molecule has 0 fully saturated rings. The van der Waals surface area contributed by atoms with Gasteiger partial charge < -0.3 is 48.1 Å². The molecule has 651 valence electrons. The van der Waals surface area contributed by atoms with Gasteiger partial charge in [-0.15, -0.1) is 167 Å². The number of hydrogen-bond acceptors (Lipinski definition) is 12. The first-order valence-electron chi connectivity index (χ1n) is 42.7. The molecule has 12 nitrogen and oxygen atoms in total. The van der Waals surface area contributed by atoms with Crippen molar-refractivity contribution in [3.63, 3.8) is 0 Å². The Hall–Kier alpha value is -12.7. The second-order valence-corrected chi connectivity index (χ2v) is 46.4. The quantitative estimate of drug-likeness (QED) is 0.0751. The fourth-order valence-corrected chi connectivity index (χ4v) is 22.8. The van der Waals surface area contributed by atoms with E-state index in [1.807, 2.05) is 197 Å². The van der Waals surface area contributed by atoms with Crippen molar-refractivity contribution in [1.29, 1.82) is 0 Å². The minimum absolute atomic E-state index is 0. The number of aryl methyl sites for hydroxylation is 3. The van der Waals surface area contributed by atoms with Gasteiger partial charge in [0.1, 0.15) is 41.1 Å². The smallest absolute Gasteiger partial charge is 0.216 e. The number of fused-ring (bicyclic) bond motifs is 9. The van der Waals surface area contributed by atoms with Gasteiger partial charge in [0.2, 0.25) is 5.71 Å². The van der Waals surface area contributed by atoms with Crippen LogP contribution in [0.2, 0.25) is 39.3 Å². The summed E-state index contributed by atoms with van der Waals surface area (Å²) in [7, 11) is -5.37. The van der Waals surface area contributed by atoms with E-state index in [0.29, 0.717) is 17.3 Å². The number of pyridine rings is 9. The van der Waals surface area contributed by atoms with Crippen LogP contribution in [0, 0.1) is 63.2 Å². The third kappa shape index (κ3) is 22.4. The van der Waals surface area contributed by atoms with E-state index in [9.17, 15) is 0 Å². The normalized spacial score (nSPS) is 11.1. The summed E-state index contributed by atoms with van der Waals surface area (Å²) in [6.07, 6.45) is 15.7. The van der Waals surface area contributed by atoms with E-state index in [1.165, 1.54) is 36.7 Å². The molecule has 12 aromatic heterocycles. The van der Waals surface area contributed by atoms with Crippen LogP contribution >= 0.6 is 0 Å². The van der Waals surface area contributed by atoms with Crippen LogP contribution in [0.3, 0.4) is 0 Å². The van der Waals surface area contributed by atoms with Crippen molar-refractivity contribution >= 4 is 121 Å². The van der Waals surface area contributed by atoms with E-state index in [4.69, 9.17) is 28.2 Å². The topological polar surface area (TPSA) is 155 Å². The summed E-state index contributed by atoms with van der Waals surface area (Å²) < 4.78 is 17.8. The summed E-state index contributed by atoms with van der Waals surface area (Å²) in [6.45, 7) is 24.8. The van der Waals surface area contributed by atoms with E-state index >= 15 is 0 Å². The molecule has 9 aromatic carbocycles. The van der Waals surface area contributed by atoms with Crippen LogP contribution in [-0.4, -0.2) is 69.1 Å². The van der Waals surface area contributed by atoms with Crippen LogP contribution in [0.1, 0.15) is 36.5 Å². The van der Waals surface area contributed by atoms with Gasteiger partial charge in [-0.05, 0) is 137 Å². The molecule has 3 radical (unpaired) electrons. The SMILES string of the molecule is CC(C)Cc1cc(-c2[c-]nc3oc4ccccc4c3c2)ncc1[Si](C)(C)c1ccccc1.Cc1cc2c(oc3c[c-]c(-c4ccc([Si](C)(C)c5ccccc5)cn4)cc32)c(C)n1.Cc1ccc2c(n1)oc1c[c-]c(-c3ccc([Si](C)(C)c4ccccc4)cn3)cc12.[Ir].[Ir].[Ir].[c-]1ccccc1-c1ccccn1.[c-]1ccccc1-c1ccccn1.[c-]1ccccc1-c1ccccn1. The Morgan fingerprint density at radius 2 is 0.746 bits per heavy atom. The number of hydrogen-bond donors (Lipinski definition) is 0. The Morgan fingerprint density at radius 1 is 0.308 bits per heavy atom. The number of aromatic nitrogens is 9. The minimum atomic E-state index is -1.86. The first-order chi connectivity index (χ1) is 61.8. The van der Waals surface area contributed by atoms with Crippen LogP contribution in [0.5, 0.6) is 0 Å². The van der Waals surface area contributed by atoms with Crippen LogP contribution in [0.4, 0.5) is 0 Å². The molecule has 0 amide bonds. The van der Waals surface area contributed by atoms with Gasteiger partial charge in [0.05, 0.1) is 16.9 Å². The van der Waals surface area contributed by atoms with Gasteiger partial charge in [-0.2, -0.15) is 0 Å². The number of benzene rings is 9. The largest absolute Gasteiger partial charge is 0.499 e. The molecule has 18 heteroatoms. The number of para-hydroxylation sites is 1. The predicted molar refractivity (Wildman–Crippen MR) is 529 cm³/mol. The second kappa shape index (κ2) is 43.6. The average molecular weight is 2280 g/mol. The molecular weight excluding hydrogens is 2180 g/mol. The monoisotopic (exact) mass is 2280 g/mol. The first kappa shape index (κ1) is 94.9. The maximum Gasteiger partial charge on any atom is 0.216 e. The molecule has 0 aliphatic heterocycles. The van der Waals surface area contributed by atoms with Crippen LogP contribution in [0.25, 0.3) is 134 Å². The standard InChI is InChI=1S/C28H27N2OSi.C26H23N2OSi.C25H21N2OSi.3C11H8N.3Ir/c1-19(2)14-20-16-25(29-18-27(20)32(3,4)22-10-6-5-7-11-22)21-15-24-23-12-8-9-13-26(23)31-28(24)30-17-21;1-17-14-23-22-15-19(10-13-25(22)29-26(23)18(2)28-17)24-12-11-21(16-27-24)30(3,4)20-8-6-5-7-9-20;1-17-9-12-21-22-15-18(10-14-24(22)28-25(21)27-17)23-13-11-20(16-26-23)29(2,3)19-7-5-4-6-8-19;3*1-2-6-10(7-3-1)11-8-4-5-9-12-11;;;/h5-13,15-16,18-19H,14H2,1-4H3;5-9,11-16H,1-4H3;4-9,11-16H,1-3H3;3*1-6,8-9H;;;/q6*-1;;;. The molecule has 0 unspecified atom stereocenters. The van der Waals surface area contributed by atoms with Gasteiger partial charge in [-0.3, -0.25) is 4.98 Å². The van der Waals surface area contributed by atoms with E-state index in [2.05, 4.69) is 283 Å². The molecule has 0 saturated carbocycles. The maximum atomic E-state index is 6.03. The molecular formula is C112H95Ir3N9O3Si3-6. The maximum absolute atomic E-state index is 6.03. The molecule has 21 rings (SSSR count). The van der Waals surface area contributed by atoms with Crippen LogP contribution < -0.4 is 31.1 Å². The van der Waals surface area contributed by atoms with E-state index in [1.54, 1.807) is 18.6 Å². The van der Waals surface area contributed by atoms with Gasteiger partial charge in [0.15, 0.2) is 0 Å². The number of rotatable bonds is 14. The van der Waals surface area contributed by atoms with E-state index in [0.717, 1.165) is 146 Å². The second-order valence-electron chi connectivity index (χ2n) is 33.2.